The fourth-order valence-electron chi connectivity index (χ4n) is 4.32. The van der Waals surface area contributed by atoms with Crippen molar-refractivity contribution in [2.75, 3.05) is 25.4 Å². The van der Waals surface area contributed by atoms with E-state index < -0.39 is 0 Å². The number of hydrogen-bond acceptors (Lipinski definition) is 6. The van der Waals surface area contributed by atoms with Crippen LogP contribution in [0, 0.1) is 5.92 Å². The predicted octanol–water partition coefficient (Wildman–Crippen LogP) is 4.22. The van der Waals surface area contributed by atoms with Crippen LogP contribution in [0.4, 0.5) is 10.3 Å². The van der Waals surface area contributed by atoms with Gasteiger partial charge in [0.25, 0.3) is 0 Å². The van der Waals surface area contributed by atoms with E-state index in [9.17, 15) is 4.48 Å². The topological polar surface area (TPSA) is 82.1 Å². The molecule has 5 rings (SSSR count). The van der Waals surface area contributed by atoms with Gasteiger partial charge < -0.3 is 10.5 Å². The number of hydrogen-bond donors (Lipinski definition) is 1. The highest BCUT2D eigenvalue weighted by atomic mass is 19.2. The number of piperidine rings is 1. The quantitative estimate of drug-likeness (QED) is 0.487. The fourth-order valence-corrected chi connectivity index (χ4v) is 4.32. The van der Waals surface area contributed by atoms with E-state index in [0.29, 0.717) is 38.0 Å². The molecule has 1 fully saturated rings. The lowest BCUT2D eigenvalue weighted by atomic mass is 9.98. The summed E-state index contributed by atoms with van der Waals surface area (Å²) in [6, 6.07) is 12.3. The zero-order chi connectivity index (χ0) is 21.4. The first-order chi connectivity index (χ1) is 15.1. The van der Waals surface area contributed by atoms with Crippen molar-refractivity contribution < 1.29 is 9.22 Å². The maximum absolute atomic E-state index is 13.4. The average molecular weight is 420 g/mol. The van der Waals surface area contributed by atoms with Gasteiger partial charge in [0.1, 0.15) is 23.6 Å². The van der Waals surface area contributed by atoms with Crippen molar-refractivity contribution in [1.82, 2.24) is 24.9 Å². The molecule has 160 valence electrons. The fraction of sp³-hybridized carbons (Fsp3) is 0.348. The van der Waals surface area contributed by atoms with E-state index in [4.69, 9.17) is 15.6 Å². The molecule has 2 aromatic heterocycles. The van der Waals surface area contributed by atoms with Crippen molar-refractivity contribution in [1.29, 1.82) is 0 Å². The Hall–Kier alpha value is -3.26. The first-order valence-corrected chi connectivity index (χ1v) is 10.7. The molecule has 3 heterocycles. The van der Waals surface area contributed by atoms with Gasteiger partial charge in [0, 0.05) is 25.2 Å². The number of aromatic nitrogens is 4. The number of ether oxygens (including phenoxy) is 1. The van der Waals surface area contributed by atoms with E-state index in [1.165, 1.54) is 6.33 Å². The molecule has 2 aromatic carbocycles. The highest BCUT2D eigenvalue weighted by molar-refractivity contribution is 6.00. The van der Waals surface area contributed by atoms with Gasteiger partial charge >= 0.3 is 0 Å². The van der Waals surface area contributed by atoms with Crippen LogP contribution in [-0.4, -0.2) is 44.6 Å². The second kappa shape index (κ2) is 8.11. The Kier molecular flexibility index (Phi) is 5.15. The van der Waals surface area contributed by atoms with Crippen LogP contribution in [0.3, 0.4) is 0 Å². The van der Waals surface area contributed by atoms with Gasteiger partial charge in [-0.1, -0.05) is 18.2 Å². The number of halogens is 1. The SMILES string of the molecule is CCOc1ccc2cc(-c3nn(CC4CCN(F)CC4)c4ncnc(N)c34)ccc2c1. The minimum absolute atomic E-state index is 0.354. The average Bonchev–Trinajstić information content (AvgIpc) is 3.15. The summed E-state index contributed by atoms with van der Waals surface area (Å²) in [5.41, 5.74) is 8.70. The Morgan fingerprint density at radius 2 is 1.87 bits per heavy atom. The molecule has 8 heteroatoms. The minimum atomic E-state index is 0.354. The molecule has 0 amide bonds. The lowest BCUT2D eigenvalue weighted by Gasteiger charge is -2.25. The zero-order valence-corrected chi connectivity index (χ0v) is 17.5. The molecular formula is C23H25FN6O. The summed E-state index contributed by atoms with van der Waals surface area (Å²) in [6.45, 7) is 4.22. The molecule has 0 unspecified atom stereocenters. The third kappa shape index (κ3) is 3.79. The second-order valence-corrected chi connectivity index (χ2v) is 8.00. The lowest BCUT2D eigenvalue weighted by Crippen LogP contribution is -2.29. The molecule has 1 saturated heterocycles. The van der Waals surface area contributed by atoms with Gasteiger partial charge in [-0.3, -0.25) is 0 Å². The molecule has 0 radical (unpaired) electrons. The van der Waals surface area contributed by atoms with Crippen molar-refractivity contribution >= 4 is 27.6 Å². The minimum Gasteiger partial charge on any atom is -0.494 e. The molecule has 31 heavy (non-hydrogen) atoms. The highest BCUT2D eigenvalue weighted by Gasteiger charge is 2.23. The Bertz CT molecular complexity index is 1230. The van der Waals surface area contributed by atoms with E-state index >= 15 is 0 Å². The van der Waals surface area contributed by atoms with Crippen LogP contribution in [-0.2, 0) is 6.54 Å². The molecule has 0 aliphatic carbocycles. The largest absolute Gasteiger partial charge is 0.494 e. The summed E-state index contributed by atoms with van der Waals surface area (Å²) in [5, 5.41) is 8.72. The Balaban J connectivity index is 1.55. The van der Waals surface area contributed by atoms with Crippen LogP contribution in [0.25, 0.3) is 33.1 Å². The van der Waals surface area contributed by atoms with Crippen LogP contribution in [0.2, 0.25) is 0 Å². The molecule has 2 N–H and O–H groups in total. The predicted molar refractivity (Wildman–Crippen MR) is 119 cm³/mol. The van der Waals surface area contributed by atoms with E-state index in [1.807, 2.05) is 35.9 Å². The second-order valence-electron chi connectivity index (χ2n) is 8.00. The number of nitrogens with zero attached hydrogens (tertiary/aromatic N) is 5. The van der Waals surface area contributed by atoms with Crippen molar-refractivity contribution in [3.05, 3.63) is 42.7 Å². The zero-order valence-electron chi connectivity index (χ0n) is 17.5. The molecule has 1 aliphatic heterocycles. The van der Waals surface area contributed by atoms with Crippen molar-refractivity contribution in [3.63, 3.8) is 0 Å². The summed E-state index contributed by atoms with van der Waals surface area (Å²) in [5.74, 6) is 1.62. The lowest BCUT2D eigenvalue weighted by molar-refractivity contribution is -0.0111. The number of rotatable bonds is 5. The van der Waals surface area contributed by atoms with Crippen molar-refractivity contribution in [2.24, 2.45) is 5.92 Å². The molecule has 0 spiro atoms. The summed E-state index contributed by atoms with van der Waals surface area (Å²) >= 11 is 0. The molecule has 0 bridgehead atoms. The maximum atomic E-state index is 13.4. The maximum Gasteiger partial charge on any atom is 0.163 e. The monoisotopic (exact) mass is 420 g/mol. The Morgan fingerprint density at radius 1 is 1.10 bits per heavy atom. The third-order valence-electron chi connectivity index (χ3n) is 5.95. The number of fused-ring (bicyclic) bond motifs is 2. The van der Waals surface area contributed by atoms with Crippen LogP contribution in [0.5, 0.6) is 5.75 Å². The normalized spacial score (nSPS) is 15.7. The van der Waals surface area contributed by atoms with Gasteiger partial charge in [-0.15, -0.1) is 9.60 Å². The van der Waals surface area contributed by atoms with Crippen molar-refractivity contribution in [2.45, 2.75) is 26.3 Å². The van der Waals surface area contributed by atoms with E-state index in [2.05, 4.69) is 22.1 Å². The molecule has 0 saturated carbocycles. The number of nitrogen functional groups attached to an aromatic ring is 1. The first kappa shape index (κ1) is 19.7. The van der Waals surface area contributed by atoms with Gasteiger partial charge in [-0.25, -0.2) is 14.6 Å². The summed E-state index contributed by atoms with van der Waals surface area (Å²) in [6.07, 6.45) is 3.07. The van der Waals surface area contributed by atoms with Crippen molar-refractivity contribution in [3.8, 4) is 17.0 Å². The Labute approximate surface area is 179 Å². The van der Waals surface area contributed by atoms with Gasteiger partial charge in [-0.2, -0.15) is 5.10 Å². The molecule has 1 aliphatic rings. The summed E-state index contributed by atoms with van der Waals surface area (Å²) < 4.78 is 20.9. The van der Waals surface area contributed by atoms with E-state index in [1.54, 1.807) is 0 Å². The van der Waals surface area contributed by atoms with Gasteiger partial charge in [0.15, 0.2) is 5.65 Å². The smallest absolute Gasteiger partial charge is 0.163 e. The Morgan fingerprint density at radius 3 is 2.68 bits per heavy atom. The number of anilines is 1. The van der Waals surface area contributed by atoms with Crippen LogP contribution >= 0.6 is 0 Å². The number of nitrogens with two attached hydrogens (primary N) is 1. The van der Waals surface area contributed by atoms with Crippen LogP contribution in [0.15, 0.2) is 42.7 Å². The van der Waals surface area contributed by atoms with Crippen LogP contribution in [0.1, 0.15) is 19.8 Å². The highest BCUT2D eigenvalue weighted by Crippen LogP contribution is 2.33. The van der Waals surface area contributed by atoms with Crippen LogP contribution < -0.4 is 10.5 Å². The summed E-state index contributed by atoms with van der Waals surface area (Å²) in [4.78, 5) is 8.67. The molecule has 0 atom stereocenters. The molecule has 4 aromatic rings. The van der Waals surface area contributed by atoms with E-state index in [0.717, 1.165) is 56.8 Å². The number of benzene rings is 2. The van der Waals surface area contributed by atoms with Gasteiger partial charge in [0.2, 0.25) is 0 Å². The summed E-state index contributed by atoms with van der Waals surface area (Å²) in [7, 11) is 0. The third-order valence-corrected chi connectivity index (χ3v) is 5.95. The van der Waals surface area contributed by atoms with Gasteiger partial charge in [-0.05, 0) is 54.7 Å². The molecule has 7 nitrogen and oxygen atoms in total. The standard InChI is InChI=1S/C23H25FN6O/c1-2-31-19-6-5-16-11-18(4-3-17(16)12-19)21-20-22(25)26-14-27-23(20)30(28-21)13-15-7-9-29(24)10-8-15/h3-6,11-12,14-15H,2,7-10,13H2,1H3,(H2,25,26,27). The first-order valence-electron chi connectivity index (χ1n) is 10.7. The van der Waals surface area contributed by atoms with Gasteiger partial charge in [0.05, 0.1) is 12.0 Å². The van der Waals surface area contributed by atoms with E-state index in [-0.39, 0.29) is 0 Å². The molecular weight excluding hydrogens is 395 g/mol.